The molecule has 0 aliphatic heterocycles. The lowest BCUT2D eigenvalue weighted by Crippen LogP contribution is -2.04. The summed E-state index contributed by atoms with van der Waals surface area (Å²) in [5.74, 6) is 0.413. The fourth-order valence-electron chi connectivity index (χ4n) is 1.66. The van der Waals surface area contributed by atoms with E-state index in [1.54, 1.807) is 12.4 Å². The molecule has 1 atom stereocenters. The number of carbonyl (C=O) groups is 1. The van der Waals surface area contributed by atoms with Gasteiger partial charge >= 0.3 is 0 Å². The largest absolute Gasteiger partial charge is 0.299 e. The molecule has 3 nitrogen and oxygen atoms in total. The number of rotatable bonds is 1. The molecular weight excluding hydrogens is 152 g/mol. The zero-order chi connectivity index (χ0) is 8.39. The Hall–Kier alpha value is -1.25. The van der Waals surface area contributed by atoms with Gasteiger partial charge in [0.25, 0.3) is 0 Å². The van der Waals surface area contributed by atoms with E-state index in [2.05, 4.69) is 9.97 Å². The van der Waals surface area contributed by atoms with Crippen LogP contribution in [-0.4, -0.2) is 15.8 Å². The van der Waals surface area contributed by atoms with E-state index >= 15 is 0 Å². The number of ketones is 1. The third-order valence-corrected chi connectivity index (χ3v) is 2.29. The monoisotopic (exact) mass is 162 g/mol. The van der Waals surface area contributed by atoms with Crippen molar-refractivity contribution < 1.29 is 4.79 Å². The van der Waals surface area contributed by atoms with Gasteiger partial charge in [-0.1, -0.05) is 0 Å². The van der Waals surface area contributed by atoms with E-state index in [0.717, 1.165) is 24.8 Å². The summed E-state index contributed by atoms with van der Waals surface area (Å²) in [5.41, 5.74) is 0.972. The van der Waals surface area contributed by atoms with Crippen molar-refractivity contribution >= 4 is 5.78 Å². The van der Waals surface area contributed by atoms with Crippen LogP contribution in [-0.2, 0) is 4.79 Å². The molecule has 62 valence electrons. The summed E-state index contributed by atoms with van der Waals surface area (Å²) in [5, 5.41) is 0. The molecule has 0 amide bonds. The first-order valence-corrected chi connectivity index (χ1v) is 4.15. The smallest absolute Gasteiger partial charge is 0.140 e. The van der Waals surface area contributed by atoms with Crippen LogP contribution in [0.1, 0.15) is 30.7 Å². The molecule has 0 N–H and O–H groups in total. The van der Waals surface area contributed by atoms with Gasteiger partial charge in [-0.05, 0) is 18.4 Å². The van der Waals surface area contributed by atoms with Gasteiger partial charge in [-0.15, -0.1) is 0 Å². The normalized spacial score (nSPS) is 23.0. The minimum absolute atomic E-state index is 0.0752. The van der Waals surface area contributed by atoms with Crippen LogP contribution in [0.25, 0.3) is 0 Å². The van der Waals surface area contributed by atoms with Gasteiger partial charge in [0.15, 0.2) is 0 Å². The SMILES string of the molecule is O=C1CCCC1c1cncnc1. The second kappa shape index (κ2) is 3.01. The van der Waals surface area contributed by atoms with Crippen LogP contribution in [0.15, 0.2) is 18.7 Å². The second-order valence-corrected chi connectivity index (χ2v) is 3.08. The molecule has 0 radical (unpaired) electrons. The third-order valence-electron chi connectivity index (χ3n) is 2.29. The Morgan fingerprint density at radius 3 is 2.67 bits per heavy atom. The second-order valence-electron chi connectivity index (χ2n) is 3.08. The fraction of sp³-hybridized carbons (Fsp3) is 0.444. The van der Waals surface area contributed by atoms with Gasteiger partial charge in [0, 0.05) is 24.7 Å². The average molecular weight is 162 g/mol. The number of hydrogen-bond acceptors (Lipinski definition) is 3. The predicted octanol–water partition coefficient (Wildman–Crippen LogP) is 1.31. The molecule has 0 spiro atoms. The fourth-order valence-corrected chi connectivity index (χ4v) is 1.66. The molecule has 1 saturated carbocycles. The Labute approximate surface area is 70.9 Å². The molecule has 1 aromatic rings. The van der Waals surface area contributed by atoms with E-state index in [9.17, 15) is 4.79 Å². The standard InChI is InChI=1S/C9H10N2O/c12-9-3-1-2-8(9)7-4-10-6-11-5-7/h4-6,8H,1-3H2. The number of aromatic nitrogens is 2. The Morgan fingerprint density at radius 2 is 2.08 bits per heavy atom. The maximum atomic E-state index is 11.3. The summed E-state index contributed by atoms with van der Waals surface area (Å²) in [7, 11) is 0. The Bertz CT molecular complexity index is 284. The molecule has 1 aliphatic carbocycles. The number of hydrogen-bond donors (Lipinski definition) is 0. The van der Waals surface area contributed by atoms with Gasteiger partial charge in [0.2, 0.25) is 0 Å². The highest BCUT2D eigenvalue weighted by Gasteiger charge is 2.25. The highest BCUT2D eigenvalue weighted by molar-refractivity contribution is 5.87. The van der Waals surface area contributed by atoms with Crippen molar-refractivity contribution in [1.82, 2.24) is 9.97 Å². The maximum Gasteiger partial charge on any atom is 0.140 e. The lowest BCUT2D eigenvalue weighted by molar-refractivity contribution is -0.118. The highest BCUT2D eigenvalue weighted by Crippen LogP contribution is 2.29. The summed E-state index contributed by atoms with van der Waals surface area (Å²) >= 11 is 0. The Morgan fingerprint density at radius 1 is 1.33 bits per heavy atom. The third kappa shape index (κ3) is 1.22. The van der Waals surface area contributed by atoms with Crippen LogP contribution < -0.4 is 0 Å². The van der Waals surface area contributed by atoms with Crippen molar-refractivity contribution in [1.29, 1.82) is 0 Å². The topological polar surface area (TPSA) is 42.9 Å². The molecule has 0 saturated heterocycles. The minimum atomic E-state index is 0.0752. The van der Waals surface area contributed by atoms with Crippen LogP contribution in [0.5, 0.6) is 0 Å². The lowest BCUT2D eigenvalue weighted by atomic mass is 10.0. The van der Waals surface area contributed by atoms with Crippen LogP contribution in [0.4, 0.5) is 0 Å². The van der Waals surface area contributed by atoms with Crippen molar-refractivity contribution in [2.75, 3.05) is 0 Å². The van der Waals surface area contributed by atoms with Crippen LogP contribution >= 0.6 is 0 Å². The molecule has 0 aromatic carbocycles. The minimum Gasteiger partial charge on any atom is -0.299 e. The van der Waals surface area contributed by atoms with E-state index < -0.39 is 0 Å². The van der Waals surface area contributed by atoms with Gasteiger partial charge in [-0.25, -0.2) is 9.97 Å². The zero-order valence-electron chi connectivity index (χ0n) is 6.73. The van der Waals surface area contributed by atoms with Gasteiger partial charge in [0.1, 0.15) is 12.1 Å². The first-order valence-electron chi connectivity index (χ1n) is 4.15. The number of Topliss-reactive ketones (excluding diaryl/α,β-unsaturated/α-hetero) is 1. The van der Waals surface area contributed by atoms with Crippen molar-refractivity contribution in [3.63, 3.8) is 0 Å². The van der Waals surface area contributed by atoms with Gasteiger partial charge in [-0.2, -0.15) is 0 Å². The molecule has 3 heteroatoms. The summed E-state index contributed by atoms with van der Waals surface area (Å²) in [6.45, 7) is 0. The molecule has 12 heavy (non-hydrogen) atoms. The van der Waals surface area contributed by atoms with Crippen molar-refractivity contribution in [3.05, 3.63) is 24.3 Å². The summed E-state index contributed by atoms with van der Waals surface area (Å²) in [6, 6.07) is 0. The van der Waals surface area contributed by atoms with Crippen molar-refractivity contribution in [2.45, 2.75) is 25.2 Å². The van der Waals surface area contributed by atoms with Crippen LogP contribution in [0, 0.1) is 0 Å². The van der Waals surface area contributed by atoms with E-state index in [-0.39, 0.29) is 5.92 Å². The zero-order valence-corrected chi connectivity index (χ0v) is 6.73. The van der Waals surface area contributed by atoms with Crippen LogP contribution in [0.2, 0.25) is 0 Å². The Balaban J connectivity index is 2.25. The molecular formula is C9H10N2O. The quantitative estimate of drug-likeness (QED) is 0.625. The van der Waals surface area contributed by atoms with Crippen molar-refractivity contribution in [2.24, 2.45) is 0 Å². The summed E-state index contributed by atoms with van der Waals surface area (Å²) < 4.78 is 0. The molecule has 1 fully saturated rings. The van der Waals surface area contributed by atoms with E-state index in [1.807, 2.05) is 0 Å². The first-order chi connectivity index (χ1) is 5.88. The molecule has 1 heterocycles. The molecule has 2 rings (SSSR count). The summed E-state index contributed by atoms with van der Waals surface area (Å²) in [4.78, 5) is 19.1. The van der Waals surface area contributed by atoms with Gasteiger partial charge in [-0.3, -0.25) is 4.79 Å². The van der Waals surface area contributed by atoms with Crippen LogP contribution in [0.3, 0.4) is 0 Å². The molecule has 0 bridgehead atoms. The van der Waals surface area contributed by atoms with Crippen molar-refractivity contribution in [3.8, 4) is 0 Å². The molecule has 1 aliphatic rings. The van der Waals surface area contributed by atoms with E-state index in [0.29, 0.717) is 5.78 Å². The number of carbonyl (C=O) groups excluding carboxylic acids is 1. The molecule has 1 aromatic heterocycles. The first kappa shape index (κ1) is 7.40. The maximum absolute atomic E-state index is 11.3. The predicted molar refractivity (Wildman–Crippen MR) is 43.6 cm³/mol. The average Bonchev–Trinajstić information content (AvgIpc) is 2.53. The highest BCUT2D eigenvalue weighted by atomic mass is 16.1. The van der Waals surface area contributed by atoms with Gasteiger partial charge in [0.05, 0.1) is 0 Å². The Kier molecular flexibility index (Phi) is 1.86. The lowest BCUT2D eigenvalue weighted by Gasteiger charge is -2.04. The van der Waals surface area contributed by atoms with E-state index in [4.69, 9.17) is 0 Å². The van der Waals surface area contributed by atoms with Gasteiger partial charge < -0.3 is 0 Å². The number of nitrogens with zero attached hydrogens (tertiary/aromatic N) is 2. The molecule has 1 unspecified atom stereocenters. The van der Waals surface area contributed by atoms with E-state index in [1.165, 1.54) is 6.33 Å². The summed E-state index contributed by atoms with van der Waals surface area (Å²) in [6.07, 6.45) is 7.66.